The summed E-state index contributed by atoms with van der Waals surface area (Å²) in [6.45, 7) is 0. The van der Waals surface area contributed by atoms with Gasteiger partial charge in [0.25, 0.3) is 5.91 Å². The van der Waals surface area contributed by atoms with Crippen molar-refractivity contribution in [2.24, 2.45) is 12.8 Å². The number of aryl methyl sites for hydroxylation is 1. The zero-order valence-electron chi connectivity index (χ0n) is 7.93. The molecule has 2 aromatic heterocycles. The van der Waals surface area contributed by atoms with Gasteiger partial charge in [-0.05, 0) is 0 Å². The van der Waals surface area contributed by atoms with Crippen LogP contribution in [0.3, 0.4) is 0 Å². The molecule has 0 unspecified atom stereocenters. The van der Waals surface area contributed by atoms with Crippen molar-refractivity contribution in [3.63, 3.8) is 0 Å². The molecular weight excluding hydrogens is 198 g/mol. The fourth-order valence-electron chi connectivity index (χ4n) is 1.08. The summed E-state index contributed by atoms with van der Waals surface area (Å²) in [6.07, 6.45) is 2.87. The second-order valence-electron chi connectivity index (χ2n) is 2.89. The van der Waals surface area contributed by atoms with Gasteiger partial charge in [0.2, 0.25) is 5.95 Å². The summed E-state index contributed by atoms with van der Waals surface area (Å²) in [5, 5.41) is 13.1. The van der Waals surface area contributed by atoms with Gasteiger partial charge in [0.05, 0.1) is 6.20 Å². The molecular formula is C7H9N7O. The largest absolute Gasteiger partial charge is 0.365 e. The highest BCUT2D eigenvalue weighted by Gasteiger charge is 2.11. The summed E-state index contributed by atoms with van der Waals surface area (Å²) >= 11 is 0. The van der Waals surface area contributed by atoms with Crippen molar-refractivity contribution in [2.45, 2.75) is 0 Å². The van der Waals surface area contributed by atoms with Gasteiger partial charge in [0.1, 0.15) is 17.7 Å². The highest BCUT2D eigenvalue weighted by atomic mass is 16.1. The number of nitrogens with two attached hydrogens (primary N) is 1. The molecule has 2 rings (SSSR count). The number of nitrogens with one attached hydrogen (secondary N) is 2. The van der Waals surface area contributed by atoms with E-state index in [1.54, 1.807) is 7.05 Å². The molecule has 4 N–H and O–H groups in total. The molecule has 0 aliphatic carbocycles. The van der Waals surface area contributed by atoms with Gasteiger partial charge in [-0.25, -0.2) is 4.98 Å². The van der Waals surface area contributed by atoms with Gasteiger partial charge in [-0.3, -0.25) is 14.6 Å². The Hall–Kier alpha value is -2.38. The number of H-pyrrole nitrogens is 1. The second kappa shape index (κ2) is 3.40. The van der Waals surface area contributed by atoms with E-state index in [4.69, 9.17) is 5.73 Å². The van der Waals surface area contributed by atoms with E-state index in [-0.39, 0.29) is 5.56 Å². The molecule has 0 saturated carbocycles. The van der Waals surface area contributed by atoms with Crippen molar-refractivity contribution in [3.8, 4) is 0 Å². The highest BCUT2D eigenvalue weighted by Crippen LogP contribution is 2.13. The maximum absolute atomic E-state index is 11.0. The normalized spacial score (nSPS) is 10.2. The number of hydrogen-bond acceptors (Lipinski definition) is 5. The lowest BCUT2D eigenvalue weighted by Gasteiger charge is -1.98. The van der Waals surface area contributed by atoms with Crippen LogP contribution in [0.4, 0.5) is 11.8 Å². The SMILES string of the molecule is Cn1cnc(Nc2[nH]ncc2C(N)=O)n1. The monoisotopic (exact) mass is 207 g/mol. The summed E-state index contributed by atoms with van der Waals surface area (Å²) < 4.78 is 1.53. The first kappa shape index (κ1) is 9.19. The lowest BCUT2D eigenvalue weighted by atomic mass is 10.3. The topological polar surface area (TPSA) is 115 Å². The third kappa shape index (κ3) is 1.77. The summed E-state index contributed by atoms with van der Waals surface area (Å²) in [7, 11) is 1.74. The summed E-state index contributed by atoms with van der Waals surface area (Å²) in [6, 6.07) is 0. The van der Waals surface area contributed by atoms with E-state index in [1.165, 1.54) is 17.2 Å². The Balaban J connectivity index is 2.24. The van der Waals surface area contributed by atoms with E-state index >= 15 is 0 Å². The number of carbonyl (C=O) groups is 1. The number of primary amides is 1. The summed E-state index contributed by atoms with van der Waals surface area (Å²) in [4.78, 5) is 14.9. The second-order valence-corrected chi connectivity index (χ2v) is 2.89. The quantitative estimate of drug-likeness (QED) is 0.620. The van der Waals surface area contributed by atoms with Gasteiger partial charge < -0.3 is 11.1 Å². The number of anilines is 2. The lowest BCUT2D eigenvalue weighted by Crippen LogP contribution is -2.12. The van der Waals surface area contributed by atoms with Crippen LogP contribution >= 0.6 is 0 Å². The Bertz CT molecular complexity index is 485. The van der Waals surface area contributed by atoms with Crippen molar-refractivity contribution in [1.29, 1.82) is 0 Å². The van der Waals surface area contributed by atoms with E-state index in [1.807, 2.05) is 0 Å². The molecule has 78 valence electrons. The van der Waals surface area contributed by atoms with Gasteiger partial charge in [0.15, 0.2) is 0 Å². The Morgan fingerprint density at radius 3 is 3.07 bits per heavy atom. The number of aromatic amines is 1. The molecule has 2 heterocycles. The minimum atomic E-state index is -0.567. The fourth-order valence-corrected chi connectivity index (χ4v) is 1.08. The predicted molar refractivity (Wildman–Crippen MR) is 51.4 cm³/mol. The van der Waals surface area contributed by atoms with Gasteiger partial charge in [0, 0.05) is 7.05 Å². The van der Waals surface area contributed by atoms with E-state index in [0.717, 1.165) is 0 Å². The number of nitrogens with zero attached hydrogens (tertiary/aromatic N) is 4. The predicted octanol–water partition coefficient (Wildman–Crippen LogP) is -0.619. The van der Waals surface area contributed by atoms with Crippen LogP contribution in [0.5, 0.6) is 0 Å². The minimum absolute atomic E-state index is 0.266. The third-order valence-corrected chi connectivity index (χ3v) is 1.74. The van der Waals surface area contributed by atoms with E-state index in [0.29, 0.717) is 11.8 Å². The number of carbonyl (C=O) groups excluding carboxylic acids is 1. The van der Waals surface area contributed by atoms with Crippen LogP contribution in [-0.4, -0.2) is 30.9 Å². The van der Waals surface area contributed by atoms with Crippen LogP contribution in [-0.2, 0) is 7.05 Å². The van der Waals surface area contributed by atoms with Crippen LogP contribution in [0.25, 0.3) is 0 Å². The Morgan fingerprint density at radius 2 is 2.47 bits per heavy atom. The van der Waals surface area contributed by atoms with Crippen LogP contribution in [0.15, 0.2) is 12.5 Å². The summed E-state index contributed by atoms with van der Waals surface area (Å²) in [5.41, 5.74) is 5.40. The molecule has 8 nitrogen and oxygen atoms in total. The molecule has 0 saturated heterocycles. The van der Waals surface area contributed by atoms with Crippen molar-refractivity contribution >= 4 is 17.7 Å². The number of amides is 1. The zero-order chi connectivity index (χ0) is 10.8. The smallest absolute Gasteiger partial charge is 0.254 e. The molecule has 8 heteroatoms. The molecule has 0 spiro atoms. The molecule has 0 aromatic carbocycles. The van der Waals surface area contributed by atoms with Gasteiger partial charge in [-0.15, -0.1) is 5.10 Å². The maximum Gasteiger partial charge on any atom is 0.254 e. The Labute approximate surface area is 84.5 Å². The molecule has 1 amide bonds. The number of aromatic nitrogens is 5. The van der Waals surface area contributed by atoms with Crippen LogP contribution in [0.2, 0.25) is 0 Å². The molecule has 0 aliphatic rings. The van der Waals surface area contributed by atoms with Gasteiger partial charge >= 0.3 is 0 Å². The average Bonchev–Trinajstić information content (AvgIpc) is 2.75. The van der Waals surface area contributed by atoms with Crippen molar-refractivity contribution in [3.05, 3.63) is 18.1 Å². The maximum atomic E-state index is 11.0. The van der Waals surface area contributed by atoms with Gasteiger partial charge in [-0.1, -0.05) is 0 Å². The van der Waals surface area contributed by atoms with Crippen LogP contribution < -0.4 is 11.1 Å². The standard InChI is InChI=1S/C7H9N7O/c1-14-3-9-7(13-14)11-6-4(5(8)15)2-10-12-6/h2-3H,1H3,(H2,8,15)(H2,10,11,12,13). The highest BCUT2D eigenvalue weighted by molar-refractivity contribution is 5.97. The number of hydrogen-bond donors (Lipinski definition) is 3. The van der Waals surface area contributed by atoms with Crippen LogP contribution in [0, 0.1) is 0 Å². The molecule has 0 bridgehead atoms. The fraction of sp³-hybridized carbons (Fsp3) is 0.143. The van der Waals surface area contributed by atoms with E-state index in [2.05, 4.69) is 25.6 Å². The lowest BCUT2D eigenvalue weighted by molar-refractivity contribution is 0.100. The van der Waals surface area contributed by atoms with Crippen LogP contribution in [0.1, 0.15) is 10.4 Å². The first-order chi connectivity index (χ1) is 7.16. The Kier molecular flexibility index (Phi) is 2.08. The average molecular weight is 207 g/mol. The van der Waals surface area contributed by atoms with Crippen molar-refractivity contribution in [2.75, 3.05) is 5.32 Å². The van der Waals surface area contributed by atoms with Gasteiger partial charge in [-0.2, -0.15) is 5.10 Å². The van der Waals surface area contributed by atoms with E-state index < -0.39 is 5.91 Å². The van der Waals surface area contributed by atoms with Crippen molar-refractivity contribution < 1.29 is 4.79 Å². The molecule has 0 aliphatic heterocycles. The first-order valence-corrected chi connectivity index (χ1v) is 4.12. The molecule has 0 radical (unpaired) electrons. The molecule has 15 heavy (non-hydrogen) atoms. The zero-order valence-corrected chi connectivity index (χ0v) is 7.93. The first-order valence-electron chi connectivity index (χ1n) is 4.12. The third-order valence-electron chi connectivity index (χ3n) is 1.74. The summed E-state index contributed by atoms with van der Waals surface area (Å²) in [5.74, 6) is 0.181. The molecule has 0 atom stereocenters. The van der Waals surface area contributed by atoms with E-state index in [9.17, 15) is 4.79 Å². The van der Waals surface area contributed by atoms with Crippen molar-refractivity contribution in [1.82, 2.24) is 25.0 Å². The molecule has 0 fully saturated rings. The Morgan fingerprint density at radius 1 is 1.67 bits per heavy atom. The molecule has 2 aromatic rings. The number of rotatable bonds is 3. The minimum Gasteiger partial charge on any atom is -0.365 e.